The van der Waals surface area contributed by atoms with Crippen LogP contribution in [0.4, 0.5) is 5.69 Å². The van der Waals surface area contributed by atoms with Crippen LogP contribution < -0.4 is 5.32 Å². The Bertz CT molecular complexity index is 413. The van der Waals surface area contributed by atoms with Gasteiger partial charge in [0.25, 0.3) is 5.91 Å². The lowest BCUT2D eigenvalue weighted by Gasteiger charge is -2.19. The first kappa shape index (κ1) is 14.3. The number of carbonyl (C=O) groups is 1. The lowest BCUT2D eigenvalue weighted by Crippen LogP contribution is -2.24. The van der Waals surface area contributed by atoms with Crippen LogP contribution in [0.1, 0.15) is 30.1 Å². The smallest absolute Gasteiger partial charge is 0.255 e. The molecule has 0 radical (unpaired) electrons. The van der Waals surface area contributed by atoms with Gasteiger partial charge in [0.1, 0.15) is 0 Å². The van der Waals surface area contributed by atoms with Crippen LogP contribution in [0.5, 0.6) is 0 Å². The molecular weight excluding hydrogens is 224 g/mol. The van der Waals surface area contributed by atoms with Crippen LogP contribution in [-0.4, -0.2) is 30.9 Å². The first-order chi connectivity index (χ1) is 8.56. The quantitative estimate of drug-likeness (QED) is 0.782. The van der Waals surface area contributed by atoms with Gasteiger partial charge in [0.2, 0.25) is 0 Å². The van der Waals surface area contributed by atoms with E-state index in [0.29, 0.717) is 11.6 Å². The molecule has 3 nitrogen and oxygen atoms in total. The van der Waals surface area contributed by atoms with Crippen LogP contribution in [0.15, 0.2) is 36.9 Å². The molecule has 0 saturated carbocycles. The van der Waals surface area contributed by atoms with Crippen molar-refractivity contribution >= 4 is 11.6 Å². The number of hydrogen-bond acceptors (Lipinski definition) is 2. The number of carbonyl (C=O) groups excluding carboxylic acids is 1. The molecule has 0 heterocycles. The molecule has 1 aromatic rings. The van der Waals surface area contributed by atoms with Crippen molar-refractivity contribution in [3.05, 3.63) is 42.5 Å². The van der Waals surface area contributed by atoms with Gasteiger partial charge in [-0.2, -0.15) is 0 Å². The van der Waals surface area contributed by atoms with Gasteiger partial charge in [0.15, 0.2) is 0 Å². The summed E-state index contributed by atoms with van der Waals surface area (Å²) in [6.45, 7) is 5.83. The van der Waals surface area contributed by atoms with Crippen LogP contribution in [0.25, 0.3) is 0 Å². The number of para-hydroxylation sites is 1. The van der Waals surface area contributed by atoms with Crippen molar-refractivity contribution in [2.75, 3.05) is 19.4 Å². The maximum Gasteiger partial charge on any atom is 0.255 e. The normalized spacial score (nSPS) is 11.7. The van der Waals surface area contributed by atoms with Crippen LogP contribution in [0.3, 0.4) is 0 Å². The maximum atomic E-state index is 12.0. The van der Waals surface area contributed by atoms with Crippen LogP contribution >= 0.6 is 0 Å². The molecule has 1 rings (SSSR count). The number of benzene rings is 1. The third kappa shape index (κ3) is 3.91. The topological polar surface area (TPSA) is 32.3 Å². The van der Waals surface area contributed by atoms with Gasteiger partial charge in [-0.3, -0.25) is 4.79 Å². The minimum atomic E-state index is 0.0222. The lowest BCUT2D eigenvalue weighted by atomic mass is 10.1. The molecule has 0 aliphatic heterocycles. The first-order valence-corrected chi connectivity index (χ1v) is 6.24. The molecule has 0 saturated heterocycles. The molecule has 3 heteroatoms. The zero-order chi connectivity index (χ0) is 13.5. The van der Waals surface area contributed by atoms with Crippen molar-refractivity contribution in [1.29, 1.82) is 0 Å². The van der Waals surface area contributed by atoms with E-state index < -0.39 is 0 Å². The van der Waals surface area contributed by atoms with Crippen molar-refractivity contribution in [3.8, 4) is 0 Å². The highest BCUT2D eigenvalue weighted by atomic mass is 16.2. The Morgan fingerprint density at radius 2 is 2.11 bits per heavy atom. The largest absolute Gasteiger partial charge is 0.382 e. The van der Waals surface area contributed by atoms with Gasteiger partial charge in [-0.05, 0) is 31.9 Å². The Hall–Kier alpha value is -1.77. The van der Waals surface area contributed by atoms with Crippen LogP contribution in [-0.2, 0) is 0 Å². The first-order valence-electron chi connectivity index (χ1n) is 6.24. The van der Waals surface area contributed by atoms with Gasteiger partial charge in [-0.15, -0.1) is 6.58 Å². The molecule has 0 bridgehead atoms. The Labute approximate surface area is 109 Å². The lowest BCUT2D eigenvalue weighted by molar-refractivity contribution is 0.0828. The molecule has 1 amide bonds. The van der Waals surface area contributed by atoms with Crippen LogP contribution in [0.2, 0.25) is 0 Å². The summed E-state index contributed by atoms with van der Waals surface area (Å²) in [6.07, 6.45) is 3.89. The van der Waals surface area contributed by atoms with Crippen LogP contribution in [0, 0.1) is 0 Å². The van der Waals surface area contributed by atoms with E-state index >= 15 is 0 Å². The van der Waals surface area contributed by atoms with E-state index in [9.17, 15) is 4.79 Å². The Morgan fingerprint density at radius 3 is 2.72 bits per heavy atom. The van der Waals surface area contributed by atoms with E-state index in [2.05, 4.69) is 18.8 Å². The Kier molecular flexibility index (Phi) is 5.43. The van der Waals surface area contributed by atoms with E-state index in [-0.39, 0.29) is 5.91 Å². The van der Waals surface area contributed by atoms with Crippen molar-refractivity contribution in [3.63, 3.8) is 0 Å². The minimum Gasteiger partial charge on any atom is -0.382 e. The monoisotopic (exact) mass is 246 g/mol. The van der Waals surface area contributed by atoms with E-state index in [4.69, 9.17) is 0 Å². The van der Waals surface area contributed by atoms with E-state index in [1.165, 1.54) is 0 Å². The van der Waals surface area contributed by atoms with Gasteiger partial charge < -0.3 is 10.2 Å². The molecule has 18 heavy (non-hydrogen) atoms. The molecule has 1 atom stereocenters. The number of rotatable bonds is 6. The molecule has 1 unspecified atom stereocenters. The third-order valence-corrected chi connectivity index (χ3v) is 2.77. The predicted octanol–water partition coefficient (Wildman–Crippen LogP) is 3.16. The molecule has 0 spiro atoms. The van der Waals surface area contributed by atoms with Gasteiger partial charge in [-0.1, -0.05) is 18.2 Å². The summed E-state index contributed by atoms with van der Waals surface area (Å²) >= 11 is 0. The van der Waals surface area contributed by atoms with E-state index in [0.717, 1.165) is 18.5 Å². The molecule has 0 fully saturated rings. The Balaban J connectivity index is 2.82. The average Bonchev–Trinajstić information content (AvgIpc) is 2.36. The van der Waals surface area contributed by atoms with Gasteiger partial charge >= 0.3 is 0 Å². The van der Waals surface area contributed by atoms with E-state index in [1.807, 2.05) is 30.3 Å². The summed E-state index contributed by atoms with van der Waals surface area (Å²) in [5.41, 5.74) is 1.61. The standard InChI is InChI=1S/C15H22N2O/c1-5-6-9-12(2)16-14-11-8-7-10-13(14)15(18)17(3)4/h5,7-8,10-12,16H,1,6,9H2,2-4H3. The summed E-state index contributed by atoms with van der Waals surface area (Å²) in [4.78, 5) is 13.6. The number of hydrogen-bond donors (Lipinski definition) is 1. The molecule has 0 aliphatic rings. The summed E-state index contributed by atoms with van der Waals surface area (Å²) in [6, 6.07) is 7.94. The van der Waals surface area contributed by atoms with Gasteiger partial charge in [-0.25, -0.2) is 0 Å². The summed E-state index contributed by atoms with van der Waals surface area (Å²) in [7, 11) is 3.53. The summed E-state index contributed by atoms with van der Waals surface area (Å²) in [5, 5.41) is 3.39. The second-order valence-electron chi connectivity index (χ2n) is 4.66. The molecule has 1 aromatic carbocycles. The van der Waals surface area contributed by atoms with Crippen molar-refractivity contribution in [1.82, 2.24) is 4.90 Å². The highest BCUT2D eigenvalue weighted by Gasteiger charge is 2.13. The van der Waals surface area contributed by atoms with Crippen molar-refractivity contribution < 1.29 is 4.79 Å². The SMILES string of the molecule is C=CCCC(C)Nc1ccccc1C(=O)N(C)C. The fraction of sp³-hybridized carbons (Fsp3) is 0.400. The highest BCUT2D eigenvalue weighted by molar-refractivity contribution is 5.99. The molecule has 0 aliphatic carbocycles. The number of nitrogens with zero attached hydrogens (tertiary/aromatic N) is 1. The maximum absolute atomic E-state index is 12.0. The molecular formula is C15H22N2O. The molecule has 1 N–H and O–H groups in total. The number of anilines is 1. The minimum absolute atomic E-state index is 0.0222. The highest BCUT2D eigenvalue weighted by Crippen LogP contribution is 2.18. The second kappa shape index (κ2) is 6.84. The van der Waals surface area contributed by atoms with E-state index in [1.54, 1.807) is 19.0 Å². The van der Waals surface area contributed by atoms with Gasteiger partial charge in [0, 0.05) is 25.8 Å². The number of nitrogens with one attached hydrogen (secondary N) is 1. The molecule has 98 valence electrons. The van der Waals surface area contributed by atoms with Crippen molar-refractivity contribution in [2.24, 2.45) is 0 Å². The fourth-order valence-corrected chi connectivity index (χ4v) is 1.74. The zero-order valence-electron chi connectivity index (χ0n) is 11.4. The zero-order valence-corrected chi connectivity index (χ0v) is 11.4. The summed E-state index contributed by atoms with van der Waals surface area (Å²) < 4.78 is 0. The second-order valence-corrected chi connectivity index (χ2v) is 4.66. The molecule has 0 aromatic heterocycles. The summed E-state index contributed by atoms with van der Waals surface area (Å²) in [5.74, 6) is 0.0222. The van der Waals surface area contributed by atoms with Crippen molar-refractivity contribution in [2.45, 2.75) is 25.8 Å². The fourth-order valence-electron chi connectivity index (χ4n) is 1.74. The predicted molar refractivity (Wildman–Crippen MR) is 77.0 cm³/mol. The average molecular weight is 246 g/mol. The van der Waals surface area contributed by atoms with Gasteiger partial charge in [0.05, 0.1) is 5.56 Å². The number of allylic oxidation sites excluding steroid dienone is 1. The third-order valence-electron chi connectivity index (χ3n) is 2.77. The number of amides is 1. The Morgan fingerprint density at radius 1 is 1.44 bits per heavy atom.